The predicted molar refractivity (Wildman–Crippen MR) is 279 cm³/mol. The number of hydrogen-bond acceptors (Lipinski definition) is 13. The quantitative estimate of drug-likeness (QED) is 0.0126. The van der Waals surface area contributed by atoms with Gasteiger partial charge in [-0.3, -0.25) is 27.7 Å². The zero-order valence-electron chi connectivity index (χ0n) is 42.4. The summed E-state index contributed by atoms with van der Waals surface area (Å²) in [5, 5.41) is 30.1. The van der Waals surface area contributed by atoms with E-state index in [1.165, 1.54) is 83.5 Å². The first-order valence-corrected chi connectivity index (χ1v) is 28.7. The minimum atomic E-state index is -4.81. The molecule has 0 heterocycles. The van der Waals surface area contributed by atoms with E-state index in [0.717, 1.165) is 44.9 Å². The van der Waals surface area contributed by atoms with E-state index in [2.05, 4.69) is 45.6 Å². The summed E-state index contributed by atoms with van der Waals surface area (Å²) in [5.41, 5.74) is 0. The van der Waals surface area contributed by atoms with E-state index < -0.39 is 85.5 Å². The molecule has 70 heavy (non-hydrogen) atoms. The van der Waals surface area contributed by atoms with Gasteiger partial charge in [-0.2, -0.15) is 0 Å². The van der Waals surface area contributed by atoms with Crippen LogP contribution in [0.25, 0.3) is 0 Å². The van der Waals surface area contributed by atoms with Gasteiger partial charge >= 0.3 is 27.6 Å². The highest BCUT2D eigenvalue weighted by molar-refractivity contribution is 7.47. The number of allylic oxidation sites excluding steroid dienone is 16. The van der Waals surface area contributed by atoms with Gasteiger partial charge in [0.1, 0.15) is 31.5 Å². The average molecular weight is 1030 g/mol. The SMILES string of the molecule is CC/C=C/C=C/C=C\C=C\C=C\C=C\C=C\CCCCCC(=O)OCC(O)COP(=O)(O)OCC(O)COP(=O)(O)OCC(O)COC(=O)CCCCCCCCCCC/C=C/CCCCCCCC. The van der Waals surface area contributed by atoms with Crippen molar-refractivity contribution in [2.45, 2.75) is 186 Å². The van der Waals surface area contributed by atoms with Gasteiger partial charge in [0.15, 0.2) is 0 Å². The fourth-order valence-corrected chi connectivity index (χ4v) is 7.84. The molecular weight excluding hydrogens is 939 g/mol. The molecule has 0 aliphatic heterocycles. The van der Waals surface area contributed by atoms with Crippen LogP contribution in [0, 0.1) is 0 Å². The van der Waals surface area contributed by atoms with E-state index in [1.807, 2.05) is 79.0 Å². The number of carbonyl (C=O) groups excluding carboxylic acids is 2. The molecule has 0 bridgehead atoms. The fraction of sp³-hybridized carbons (Fsp3) is 0.660. The van der Waals surface area contributed by atoms with Crippen molar-refractivity contribution in [3.8, 4) is 0 Å². The van der Waals surface area contributed by atoms with Crippen LogP contribution >= 0.6 is 15.6 Å². The summed E-state index contributed by atoms with van der Waals surface area (Å²) in [6.07, 6.45) is 52.4. The molecule has 0 radical (unpaired) electrons. The minimum Gasteiger partial charge on any atom is -0.463 e. The van der Waals surface area contributed by atoms with Crippen LogP contribution in [0.3, 0.4) is 0 Å². The van der Waals surface area contributed by atoms with Crippen molar-refractivity contribution in [1.29, 1.82) is 0 Å². The number of unbranched alkanes of at least 4 members (excludes halogenated alkanes) is 18. The largest absolute Gasteiger partial charge is 0.472 e. The maximum Gasteiger partial charge on any atom is 0.472 e. The predicted octanol–water partition coefficient (Wildman–Crippen LogP) is 12.3. The lowest BCUT2D eigenvalue weighted by atomic mass is 10.1. The van der Waals surface area contributed by atoms with E-state index in [4.69, 9.17) is 14.0 Å². The normalized spacial score (nSPS) is 15.7. The lowest BCUT2D eigenvalue weighted by molar-refractivity contribution is -0.148. The second-order valence-electron chi connectivity index (χ2n) is 17.0. The van der Waals surface area contributed by atoms with Crippen LogP contribution < -0.4 is 0 Å². The molecule has 17 heteroatoms. The van der Waals surface area contributed by atoms with Crippen molar-refractivity contribution in [3.05, 3.63) is 97.2 Å². The third-order valence-electron chi connectivity index (χ3n) is 10.2. The molecule has 5 atom stereocenters. The van der Waals surface area contributed by atoms with Gasteiger partial charge in [0.25, 0.3) is 0 Å². The average Bonchev–Trinajstić information content (AvgIpc) is 3.34. The summed E-state index contributed by atoms with van der Waals surface area (Å²) >= 11 is 0. The maximum atomic E-state index is 12.2. The van der Waals surface area contributed by atoms with E-state index in [1.54, 1.807) is 0 Å². The van der Waals surface area contributed by atoms with Crippen LogP contribution in [0.1, 0.15) is 168 Å². The van der Waals surface area contributed by atoms with E-state index in [-0.39, 0.29) is 12.8 Å². The Morgan fingerprint density at radius 2 is 0.671 bits per heavy atom. The van der Waals surface area contributed by atoms with Crippen LogP contribution in [-0.4, -0.2) is 95.0 Å². The van der Waals surface area contributed by atoms with E-state index in [0.29, 0.717) is 12.8 Å². The van der Waals surface area contributed by atoms with Crippen molar-refractivity contribution in [3.63, 3.8) is 0 Å². The number of ether oxygens (including phenoxy) is 2. The first-order chi connectivity index (χ1) is 33.8. The highest BCUT2D eigenvalue weighted by Crippen LogP contribution is 2.45. The number of phosphoric acid groups is 2. The second kappa shape index (κ2) is 48.2. The van der Waals surface area contributed by atoms with Gasteiger partial charge in [-0.25, -0.2) is 9.13 Å². The molecule has 0 fully saturated rings. The number of esters is 2. The van der Waals surface area contributed by atoms with Crippen LogP contribution in [-0.2, 0) is 46.3 Å². The monoisotopic (exact) mass is 1030 g/mol. The van der Waals surface area contributed by atoms with Crippen molar-refractivity contribution in [2.24, 2.45) is 0 Å². The molecule has 0 aromatic carbocycles. The molecule has 0 spiro atoms. The molecule has 0 saturated heterocycles. The van der Waals surface area contributed by atoms with Gasteiger partial charge in [-0.1, -0.05) is 195 Å². The molecule has 0 aliphatic carbocycles. The Morgan fingerprint density at radius 3 is 1.04 bits per heavy atom. The Balaban J connectivity index is 3.93. The molecule has 0 aromatic heterocycles. The molecule has 0 saturated carbocycles. The molecule has 0 aromatic rings. The second-order valence-corrected chi connectivity index (χ2v) is 19.9. The molecule has 0 amide bonds. The molecular formula is C53H90O15P2. The topological polar surface area (TPSA) is 225 Å². The van der Waals surface area contributed by atoms with Crippen LogP contribution in [0.2, 0.25) is 0 Å². The Hall–Kier alpha value is -3.04. The Morgan fingerprint density at radius 1 is 0.386 bits per heavy atom. The van der Waals surface area contributed by atoms with Gasteiger partial charge in [0.05, 0.1) is 26.4 Å². The standard InChI is InChI=1S/C53H90O15P2/c1-3-5-7-9-11-13-15-17-19-21-23-25-27-29-31-33-35-37-39-41-52(57)63-43-49(54)45-65-69(59,60)67-47-51(56)48-68-70(61,62)66-46-50(55)44-64-53(58)42-40-38-36-34-32-30-28-26-24-22-20-18-16-14-12-10-8-6-4-2/h5,7,9,11,13,15,17-21,23,25,27,29,31,49-51,54-56H,3-4,6,8,10,12,14,16,22,24,26,28,30,32-48H2,1-2H3,(H,59,60)(H,61,62)/b7-5+,11-9+,15-13-,19-17+,20-18+,23-21+,27-25+,31-29+. The number of phosphoric ester groups is 2. The number of rotatable bonds is 48. The van der Waals surface area contributed by atoms with Gasteiger partial charge in [0.2, 0.25) is 0 Å². The summed E-state index contributed by atoms with van der Waals surface area (Å²) < 4.78 is 53.0. The Kier molecular flexibility index (Phi) is 46.1. The number of aliphatic hydroxyl groups excluding tert-OH is 3. The molecule has 0 aliphatic rings. The zero-order chi connectivity index (χ0) is 51.7. The lowest BCUT2D eigenvalue weighted by Crippen LogP contribution is -2.25. The van der Waals surface area contributed by atoms with Crippen LogP contribution in [0.15, 0.2) is 97.2 Å². The van der Waals surface area contributed by atoms with Crippen molar-refractivity contribution in [1.82, 2.24) is 0 Å². The summed E-state index contributed by atoms with van der Waals surface area (Å²) in [5.74, 6) is -1.04. The van der Waals surface area contributed by atoms with E-state index in [9.17, 15) is 43.8 Å². The molecule has 0 rings (SSSR count). The molecule has 15 nitrogen and oxygen atoms in total. The summed E-state index contributed by atoms with van der Waals surface area (Å²) in [6, 6.07) is 0. The molecule has 402 valence electrons. The molecule has 5 N–H and O–H groups in total. The van der Waals surface area contributed by atoms with Gasteiger partial charge in [-0.15, -0.1) is 0 Å². The highest BCUT2D eigenvalue weighted by atomic mass is 31.2. The maximum absolute atomic E-state index is 12.2. The summed E-state index contributed by atoms with van der Waals surface area (Å²) in [4.78, 5) is 43.8. The number of carbonyl (C=O) groups is 2. The van der Waals surface area contributed by atoms with Crippen molar-refractivity contribution in [2.75, 3.05) is 39.6 Å². The lowest BCUT2D eigenvalue weighted by Gasteiger charge is -2.19. The van der Waals surface area contributed by atoms with Crippen LogP contribution in [0.5, 0.6) is 0 Å². The van der Waals surface area contributed by atoms with Crippen molar-refractivity contribution >= 4 is 27.6 Å². The zero-order valence-corrected chi connectivity index (χ0v) is 44.2. The molecule has 5 unspecified atom stereocenters. The Bertz CT molecular complexity index is 1620. The number of hydrogen-bond donors (Lipinski definition) is 5. The summed E-state index contributed by atoms with van der Waals surface area (Å²) in [7, 11) is -9.60. The highest BCUT2D eigenvalue weighted by Gasteiger charge is 2.28. The van der Waals surface area contributed by atoms with Gasteiger partial charge < -0.3 is 34.6 Å². The fourth-order valence-electron chi connectivity index (χ4n) is 6.25. The minimum absolute atomic E-state index is 0.138. The first kappa shape index (κ1) is 67.0. The van der Waals surface area contributed by atoms with Crippen molar-refractivity contribution < 1.29 is 71.4 Å². The van der Waals surface area contributed by atoms with Crippen LogP contribution in [0.4, 0.5) is 0 Å². The van der Waals surface area contributed by atoms with E-state index >= 15 is 0 Å². The number of aliphatic hydroxyl groups is 3. The third kappa shape index (κ3) is 49.9. The third-order valence-corrected chi connectivity index (χ3v) is 12.1. The first-order valence-electron chi connectivity index (χ1n) is 25.7. The van der Waals surface area contributed by atoms with Gasteiger partial charge in [-0.05, 0) is 57.8 Å². The Labute approximate surface area is 420 Å². The smallest absolute Gasteiger partial charge is 0.463 e. The summed E-state index contributed by atoms with van der Waals surface area (Å²) in [6.45, 7) is 0.204. The van der Waals surface area contributed by atoms with Gasteiger partial charge in [0, 0.05) is 12.8 Å².